The predicted octanol–water partition coefficient (Wildman–Crippen LogP) is 4.73. The minimum atomic E-state index is -4.50. The number of thiophene rings is 1. The van der Waals surface area contributed by atoms with Gasteiger partial charge in [0.2, 0.25) is 0 Å². The molecule has 6 nitrogen and oxygen atoms in total. The van der Waals surface area contributed by atoms with E-state index >= 15 is 0 Å². The second-order valence-electron chi connectivity index (χ2n) is 6.51. The molecule has 0 unspecified atom stereocenters. The third kappa shape index (κ3) is 3.82. The molecule has 3 heterocycles. The maximum absolute atomic E-state index is 13.7. The maximum Gasteiger partial charge on any atom is 0.410 e. The molecule has 1 aliphatic rings. The number of halogens is 3. The van der Waals surface area contributed by atoms with Crippen molar-refractivity contribution in [2.45, 2.75) is 24.7 Å². The Morgan fingerprint density at radius 1 is 1.31 bits per heavy atom. The lowest BCUT2D eigenvalue weighted by Crippen LogP contribution is -2.35. The van der Waals surface area contributed by atoms with E-state index in [-0.39, 0.29) is 17.9 Å². The average Bonchev–Trinajstić information content (AvgIpc) is 3.36. The van der Waals surface area contributed by atoms with Gasteiger partial charge in [0.15, 0.2) is 11.7 Å². The molecule has 4 rings (SSSR count). The van der Waals surface area contributed by atoms with E-state index in [4.69, 9.17) is 5.26 Å². The summed E-state index contributed by atoms with van der Waals surface area (Å²) in [5, 5.41) is 20.2. The zero-order chi connectivity index (χ0) is 20.6. The molecule has 10 heteroatoms. The first kappa shape index (κ1) is 19.0. The topological polar surface area (TPSA) is 82.7 Å². The number of nitrogens with one attached hydrogen (secondary N) is 2. The van der Waals surface area contributed by atoms with Crippen molar-refractivity contribution in [2.75, 3.05) is 10.6 Å². The summed E-state index contributed by atoms with van der Waals surface area (Å²) in [5.41, 5.74) is 0.715. The van der Waals surface area contributed by atoms with Crippen LogP contribution >= 0.6 is 11.3 Å². The maximum atomic E-state index is 13.7. The smallest absolute Gasteiger partial charge is 0.363 e. The van der Waals surface area contributed by atoms with Gasteiger partial charge in [-0.2, -0.15) is 23.5 Å². The lowest BCUT2D eigenvalue weighted by molar-refractivity contribution is -0.173. The van der Waals surface area contributed by atoms with Gasteiger partial charge in [-0.25, -0.2) is 4.68 Å². The molecule has 29 heavy (non-hydrogen) atoms. The summed E-state index contributed by atoms with van der Waals surface area (Å²) < 4.78 is 41.8. The van der Waals surface area contributed by atoms with Crippen LogP contribution in [-0.2, 0) is 0 Å². The number of nitriles is 1. The van der Waals surface area contributed by atoms with Crippen LogP contribution in [0.3, 0.4) is 0 Å². The Hall–Kier alpha value is -3.32. The summed E-state index contributed by atoms with van der Waals surface area (Å²) in [7, 11) is 0. The highest BCUT2D eigenvalue weighted by molar-refractivity contribution is 7.10. The molecule has 1 amide bonds. The standard InChI is InChI=1S/C19H14F3N5OS/c20-19(21,22)16-8-13(15-2-1-7-29-15)25-17-9-14(26-27(16)17)18(28)24-12-5-3-11(10-23)4-6-12/h1-7,9,13,16,25H,8H2,(H,24,28)/t13-,16-/m1/s1. The van der Waals surface area contributed by atoms with E-state index < -0.39 is 24.2 Å². The SMILES string of the molecule is N#Cc1ccc(NC(=O)c2cc3n(n2)[C@@H](C(F)(F)F)C[C@H](c2cccs2)N3)cc1. The fourth-order valence-electron chi connectivity index (χ4n) is 3.18. The average molecular weight is 417 g/mol. The summed E-state index contributed by atoms with van der Waals surface area (Å²) >= 11 is 1.37. The molecule has 0 saturated heterocycles. The Bertz CT molecular complexity index is 1070. The van der Waals surface area contributed by atoms with Gasteiger partial charge in [-0.15, -0.1) is 11.3 Å². The highest BCUT2D eigenvalue weighted by atomic mass is 32.1. The van der Waals surface area contributed by atoms with Gasteiger partial charge < -0.3 is 10.6 Å². The van der Waals surface area contributed by atoms with Crippen LogP contribution in [-0.4, -0.2) is 21.9 Å². The van der Waals surface area contributed by atoms with Crippen LogP contribution in [0.5, 0.6) is 0 Å². The number of benzene rings is 1. The summed E-state index contributed by atoms with van der Waals surface area (Å²) in [4.78, 5) is 13.3. The Morgan fingerprint density at radius 3 is 2.69 bits per heavy atom. The number of rotatable bonds is 3. The van der Waals surface area contributed by atoms with Gasteiger partial charge in [-0.05, 0) is 35.7 Å². The van der Waals surface area contributed by atoms with Crippen molar-refractivity contribution < 1.29 is 18.0 Å². The van der Waals surface area contributed by atoms with E-state index in [2.05, 4.69) is 15.7 Å². The first-order chi connectivity index (χ1) is 13.8. The Morgan fingerprint density at radius 2 is 2.07 bits per heavy atom. The van der Waals surface area contributed by atoms with E-state index in [1.165, 1.54) is 41.7 Å². The number of carbonyl (C=O) groups is 1. The third-order valence-electron chi connectivity index (χ3n) is 4.58. The number of anilines is 2. The van der Waals surface area contributed by atoms with E-state index in [0.29, 0.717) is 11.3 Å². The van der Waals surface area contributed by atoms with Crippen molar-refractivity contribution in [3.63, 3.8) is 0 Å². The van der Waals surface area contributed by atoms with Crippen molar-refractivity contribution in [2.24, 2.45) is 0 Å². The second kappa shape index (κ2) is 7.25. The van der Waals surface area contributed by atoms with Crippen LogP contribution in [0.1, 0.15) is 39.4 Å². The monoisotopic (exact) mass is 417 g/mol. The number of hydrogen-bond donors (Lipinski definition) is 2. The molecule has 0 radical (unpaired) electrons. The van der Waals surface area contributed by atoms with Crippen LogP contribution in [0.25, 0.3) is 0 Å². The molecular formula is C19H14F3N5OS. The van der Waals surface area contributed by atoms with Crippen LogP contribution in [0, 0.1) is 11.3 Å². The Kier molecular flexibility index (Phi) is 4.76. The molecular weight excluding hydrogens is 403 g/mol. The van der Waals surface area contributed by atoms with Crippen molar-refractivity contribution in [3.05, 3.63) is 64.0 Å². The zero-order valence-electron chi connectivity index (χ0n) is 14.8. The first-order valence-electron chi connectivity index (χ1n) is 8.63. The highest BCUT2D eigenvalue weighted by Crippen LogP contribution is 2.44. The zero-order valence-corrected chi connectivity index (χ0v) is 15.6. The van der Waals surface area contributed by atoms with Crippen LogP contribution in [0.15, 0.2) is 47.8 Å². The van der Waals surface area contributed by atoms with Crippen molar-refractivity contribution in [1.82, 2.24) is 9.78 Å². The third-order valence-corrected chi connectivity index (χ3v) is 5.57. The van der Waals surface area contributed by atoms with E-state index in [9.17, 15) is 18.0 Å². The number of alkyl halides is 3. The van der Waals surface area contributed by atoms with Crippen molar-refractivity contribution >= 4 is 28.7 Å². The number of amides is 1. The molecule has 0 aliphatic carbocycles. The fourth-order valence-corrected chi connectivity index (χ4v) is 3.97. The van der Waals surface area contributed by atoms with Crippen molar-refractivity contribution in [3.8, 4) is 6.07 Å². The van der Waals surface area contributed by atoms with Gasteiger partial charge in [-0.3, -0.25) is 4.79 Å². The lowest BCUT2D eigenvalue weighted by Gasteiger charge is -2.32. The molecule has 2 aromatic heterocycles. The molecule has 0 spiro atoms. The molecule has 3 aromatic rings. The number of nitrogens with zero attached hydrogens (tertiary/aromatic N) is 3. The van der Waals surface area contributed by atoms with Gasteiger partial charge >= 0.3 is 6.18 Å². The Balaban J connectivity index is 1.61. The van der Waals surface area contributed by atoms with Crippen LogP contribution < -0.4 is 10.6 Å². The van der Waals surface area contributed by atoms with E-state index in [1.54, 1.807) is 12.1 Å². The highest BCUT2D eigenvalue weighted by Gasteiger charge is 2.47. The van der Waals surface area contributed by atoms with Gasteiger partial charge in [0.1, 0.15) is 5.82 Å². The fraction of sp³-hybridized carbons (Fsp3) is 0.211. The molecule has 0 saturated carbocycles. The molecule has 0 fully saturated rings. The molecule has 2 atom stereocenters. The quantitative estimate of drug-likeness (QED) is 0.646. The van der Waals surface area contributed by atoms with Crippen molar-refractivity contribution in [1.29, 1.82) is 5.26 Å². The lowest BCUT2D eigenvalue weighted by atomic mass is 10.0. The first-order valence-corrected chi connectivity index (χ1v) is 9.51. The van der Waals surface area contributed by atoms with Gasteiger partial charge in [0.05, 0.1) is 17.7 Å². The predicted molar refractivity (Wildman–Crippen MR) is 102 cm³/mol. The van der Waals surface area contributed by atoms with Gasteiger partial charge in [0.25, 0.3) is 5.91 Å². The molecule has 1 aromatic carbocycles. The number of hydrogen-bond acceptors (Lipinski definition) is 5. The number of aromatic nitrogens is 2. The van der Waals surface area contributed by atoms with E-state index in [1.807, 2.05) is 11.4 Å². The largest absolute Gasteiger partial charge is 0.410 e. The van der Waals surface area contributed by atoms with Crippen LogP contribution in [0.2, 0.25) is 0 Å². The summed E-state index contributed by atoms with van der Waals surface area (Å²) in [6.45, 7) is 0. The molecule has 0 bridgehead atoms. The minimum absolute atomic E-state index is 0.127. The molecule has 1 aliphatic heterocycles. The van der Waals surface area contributed by atoms with Crippen LogP contribution in [0.4, 0.5) is 24.7 Å². The number of fused-ring (bicyclic) bond motifs is 1. The minimum Gasteiger partial charge on any atom is -0.363 e. The summed E-state index contributed by atoms with van der Waals surface area (Å²) in [6, 6.07) is 10.6. The van der Waals surface area contributed by atoms with Gasteiger partial charge in [-0.1, -0.05) is 6.07 Å². The summed E-state index contributed by atoms with van der Waals surface area (Å²) in [6.07, 6.45) is -4.71. The normalized spacial score (nSPS) is 18.4. The Labute approximate surface area is 167 Å². The number of carbonyl (C=O) groups excluding carboxylic acids is 1. The summed E-state index contributed by atoms with van der Waals surface area (Å²) in [5.74, 6) is -0.492. The molecule has 148 valence electrons. The van der Waals surface area contributed by atoms with Gasteiger partial charge in [0, 0.05) is 23.1 Å². The molecule has 2 N–H and O–H groups in total. The van der Waals surface area contributed by atoms with E-state index in [0.717, 1.165) is 9.56 Å². The second-order valence-corrected chi connectivity index (χ2v) is 7.49.